The Kier molecular flexibility index (Phi) is 7.03. The molecular formula is C23H29N3O2S2. The Labute approximate surface area is 186 Å². The number of rotatable bonds is 7. The van der Waals surface area contributed by atoms with Crippen LogP contribution in [-0.4, -0.2) is 32.2 Å². The number of carbonyl (C=O) groups excluding carboxylic acids is 1. The number of aromatic nitrogens is 2. The topological polar surface area (TPSA) is 55.2 Å². The van der Waals surface area contributed by atoms with E-state index in [1.807, 2.05) is 76.8 Å². The lowest BCUT2D eigenvalue weighted by atomic mass is 10.2. The van der Waals surface area contributed by atoms with Gasteiger partial charge in [0, 0.05) is 24.0 Å². The molecule has 0 bridgehead atoms. The summed E-state index contributed by atoms with van der Waals surface area (Å²) in [5.74, 6) is 0.0505. The van der Waals surface area contributed by atoms with Crippen LogP contribution in [0.15, 0.2) is 40.3 Å². The first-order valence-electron chi connectivity index (χ1n) is 10.3. The highest BCUT2D eigenvalue weighted by Crippen LogP contribution is 2.31. The van der Waals surface area contributed by atoms with Gasteiger partial charge < -0.3 is 4.90 Å². The van der Waals surface area contributed by atoms with Crippen LogP contribution in [0, 0.1) is 13.8 Å². The number of benzene rings is 1. The van der Waals surface area contributed by atoms with E-state index in [4.69, 9.17) is 4.98 Å². The van der Waals surface area contributed by atoms with Gasteiger partial charge in [-0.25, -0.2) is 4.98 Å². The molecule has 7 heteroatoms. The molecular weight excluding hydrogens is 414 g/mol. The van der Waals surface area contributed by atoms with E-state index in [9.17, 15) is 9.59 Å². The quantitative estimate of drug-likeness (QED) is 0.373. The summed E-state index contributed by atoms with van der Waals surface area (Å²) in [5.41, 5.74) is 2.09. The molecule has 0 N–H and O–H groups in total. The van der Waals surface area contributed by atoms with Gasteiger partial charge in [-0.1, -0.05) is 42.1 Å². The van der Waals surface area contributed by atoms with E-state index in [0.717, 1.165) is 20.8 Å². The predicted octanol–water partition coefficient (Wildman–Crippen LogP) is 5.19. The maximum absolute atomic E-state index is 13.2. The first kappa shape index (κ1) is 22.6. The number of nitrogens with zero attached hydrogens (tertiary/aromatic N) is 3. The van der Waals surface area contributed by atoms with Crippen LogP contribution in [0.5, 0.6) is 0 Å². The molecule has 2 aromatic heterocycles. The zero-order valence-electron chi connectivity index (χ0n) is 18.4. The van der Waals surface area contributed by atoms with E-state index < -0.39 is 0 Å². The normalized spacial score (nSPS) is 12.5. The van der Waals surface area contributed by atoms with Crippen LogP contribution in [-0.2, 0) is 11.3 Å². The molecule has 2 heterocycles. The average Bonchev–Trinajstić information content (AvgIpc) is 2.99. The molecule has 0 fully saturated rings. The molecule has 0 saturated carbocycles. The molecule has 0 aliphatic rings. The Balaban J connectivity index is 1.91. The first-order valence-corrected chi connectivity index (χ1v) is 12.0. The van der Waals surface area contributed by atoms with Gasteiger partial charge in [-0.3, -0.25) is 14.2 Å². The minimum atomic E-state index is -0.342. The number of thioether (sulfide) groups is 1. The number of carbonyl (C=O) groups is 1. The second kappa shape index (κ2) is 9.35. The van der Waals surface area contributed by atoms with Crippen molar-refractivity contribution in [3.05, 3.63) is 56.7 Å². The zero-order chi connectivity index (χ0) is 22.0. The van der Waals surface area contributed by atoms with Gasteiger partial charge in [0.1, 0.15) is 4.83 Å². The van der Waals surface area contributed by atoms with Crippen LogP contribution < -0.4 is 5.56 Å². The van der Waals surface area contributed by atoms with E-state index >= 15 is 0 Å². The highest BCUT2D eigenvalue weighted by molar-refractivity contribution is 8.00. The zero-order valence-corrected chi connectivity index (χ0v) is 20.1. The summed E-state index contributed by atoms with van der Waals surface area (Å²) in [6.07, 6.45) is 0. The van der Waals surface area contributed by atoms with Gasteiger partial charge in [0.25, 0.3) is 5.56 Å². The lowest BCUT2D eigenvalue weighted by Crippen LogP contribution is -2.36. The molecule has 0 aliphatic carbocycles. The molecule has 0 aliphatic heterocycles. The Morgan fingerprint density at radius 1 is 1.20 bits per heavy atom. The SMILES string of the molecule is CCN(Cc1ccccc1)C(=O)[C@H](C)Sc1nc2sc(C)c(C)c2c(=O)n1C(C)C. The van der Waals surface area contributed by atoms with Gasteiger partial charge in [-0.15, -0.1) is 11.3 Å². The molecule has 1 atom stereocenters. The van der Waals surface area contributed by atoms with Crippen LogP contribution >= 0.6 is 23.1 Å². The highest BCUT2D eigenvalue weighted by Gasteiger charge is 2.25. The van der Waals surface area contributed by atoms with Gasteiger partial charge in [-0.2, -0.15) is 0 Å². The summed E-state index contributed by atoms with van der Waals surface area (Å²) < 4.78 is 1.73. The van der Waals surface area contributed by atoms with E-state index in [2.05, 4.69) is 0 Å². The maximum Gasteiger partial charge on any atom is 0.263 e. The van der Waals surface area contributed by atoms with Crippen LogP contribution in [0.3, 0.4) is 0 Å². The molecule has 5 nitrogen and oxygen atoms in total. The van der Waals surface area contributed by atoms with E-state index in [1.54, 1.807) is 15.9 Å². The first-order chi connectivity index (χ1) is 14.2. The third kappa shape index (κ3) is 4.47. The van der Waals surface area contributed by atoms with E-state index in [1.165, 1.54) is 11.8 Å². The largest absolute Gasteiger partial charge is 0.338 e. The maximum atomic E-state index is 13.2. The molecule has 0 unspecified atom stereocenters. The van der Waals surface area contributed by atoms with Gasteiger partial charge in [0.05, 0.1) is 10.6 Å². The highest BCUT2D eigenvalue weighted by atomic mass is 32.2. The fraction of sp³-hybridized carbons (Fsp3) is 0.435. The van der Waals surface area contributed by atoms with Crippen molar-refractivity contribution in [2.24, 2.45) is 0 Å². The van der Waals surface area contributed by atoms with Crippen LogP contribution in [0.25, 0.3) is 10.2 Å². The van der Waals surface area contributed by atoms with Gasteiger partial charge in [-0.05, 0) is 52.7 Å². The number of fused-ring (bicyclic) bond motifs is 1. The molecule has 1 amide bonds. The molecule has 3 aromatic rings. The number of aryl methyl sites for hydroxylation is 2. The van der Waals surface area contributed by atoms with Crippen molar-refractivity contribution in [3.8, 4) is 0 Å². The van der Waals surface area contributed by atoms with E-state index in [-0.39, 0.29) is 22.8 Å². The monoisotopic (exact) mass is 443 g/mol. The predicted molar refractivity (Wildman–Crippen MR) is 127 cm³/mol. The van der Waals surface area contributed by atoms with Crippen molar-refractivity contribution >= 4 is 39.2 Å². The lowest BCUT2D eigenvalue weighted by molar-refractivity contribution is -0.130. The standard InChI is InChI=1S/C23H29N3O2S2/c1-7-25(13-18-11-9-8-10-12-18)21(27)17(6)30-23-24-20-19(15(4)16(5)29-20)22(28)26(23)14(2)3/h8-12,14,17H,7,13H2,1-6H3/t17-/m0/s1. The number of hydrogen-bond donors (Lipinski definition) is 0. The molecule has 1 aromatic carbocycles. The fourth-order valence-corrected chi connectivity index (χ4v) is 5.64. The summed E-state index contributed by atoms with van der Waals surface area (Å²) in [4.78, 5) is 34.9. The van der Waals surface area contributed by atoms with Crippen molar-refractivity contribution < 1.29 is 4.79 Å². The van der Waals surface area contributed by atoms with Crippen LogP contribution in [0.4, 0.5) is 0 Å². The Hall–Kier alpha value is -2.12. The third-order valence-electron chi connectivity index (χ3n) is 5.26. The summed E-state index contributed by atoms with van der Waals surface area (Å²) in [6.45, 7) is 13.0. The molecule has 160 valence electrons. The lowest BCUT2D eigenvalue weighted by Gasteiger charge is -2.25. The minimum Gasteiger partial charge on any atom is -0.338 e. The van der Waals surface area contributed by atoms with Crippen molar-refractivity contribution in [2.45, 2.75) is 64.5 Å². The Morgan fingerprint density at radius 3 is 2.47 bits per heavy atom. The van der Waals surface area contributed by atoms with Crippen molar-refractivity contribution in [1.82, 2.24) is 14.5 Å². The number of hydrogen-bond acceptors (Lipinski definition) is 5. The second-order valence-corrected chi connectivity index (χ2v) is 10.2. The van der Waals surface area contributed by atoms with Gasteiger partial charge >= 0.3 is 0 Å². The average molecular weight is 444 g/mol. The molecule has 30 heavy (non-hydrogen) atoms. The smallest absolute Gasteiger partial charge is 0.263 e. The molecule has 0 radical (unpaired) electrons. The number of thiophene rings is 1. The Morgan fingerprint density at radius 2 is 1.87 bits per heavy atom. The Bertz CT molecular complexity index is 1100. The molecule has 3 rings (SSSR count). The van der Waals surface area contributed by atoms with Crippen molar-refractivity contribution in [1.29, 1.82) is 0 Å². The summed E-state index contributed by atoms with van der Waals surface area (Å²) >= 11 is 2.91. The summed E-state index contributed by atoms with van der Waals surface area (Å²) in [5, 5.41) is 0.972. The van der Waals surface area contributed by atoms with E-state index in [0.29, 0.717) is 23.6 Å². The molecule has 0 saturated heterocycles. The second-order valence-electron chi connectivity index (χ2n) is 7.72. The van der Waals surface area contributed by atoms with Gasteiger partial charge in [0.2, 0.25) is 5.91 Å². The van der Waals surface area contributed by atoms with Crippen molar-refractivity contribution in [3.63, 3.8) is 0 Å². The van der Waals surface area contributed by atoms with Crippen LogP contribution in [0.1, 0.15) is 49.7 Å². The minimum absolute atomic E-state index is 0.0179. The van der Waals surface area contributed by atoms with Crippen molar-refractivity contribution in [2.75, 3.05) is 6.54 Å². The molecule has 0 spiro atoms. The fourth-order valence-electron chi connectivity index (χ4n) is 3.44. The van der Waals surface area contributed by atoms with Gasteiger partial charge in [0.15, 0.2) is 5.16 Å². The van der Waals surface area contributed by atoms with Crippen LogP contribution in [0.2, 0.25) is 0 Å². The summed E-state index contributed by atoms with van der Waals surface area (Å²) in [6, 6.07) is 9.96. The third-order valence-corrected chi connectivity index (χ3v) is 7.41. The number of amides is 1. The summed E-state index contributed by atoms with van der Waals surface area (Å²) in [7, 11) is 0.